The molecule has 1 fully saturated rings. The Kier molecular flexibility index (Phi) is 5.25. The maximum atomic E-state index is 5.65. The molecule has 2 heteroatoms. The zero-order chi connectivity index (χ0) is 13.0. The van der Waals surface area contributed by atoms with E-state index in [1.807, 2.05) is 0 Å². The van der Waals surface area contributed by atoms with Crippen LogP contribution in [0.3, 0.4) is 0 Å². The fourth-order valence-corrected chi connectivity index (χ4v) is 3.63. The molecular formula is C16H23BrO. The third kappa shape index (κ3) is 3.36. The van der Waals surface area contributed by atoms with Crippen molar-refractivity contribution in [2.75, 3.05) is 6.61 Å². The van der Waals surface area contributed by atoms with Gasteiger partial charge in [-0.2, -0.15) is 0 Å². The standard InChI is InChI=1S/C16H23BrO/c1-3-4-5-13-6-8-14(9-7-13)16(17)15-10-11-18-12(15)2/h6-9,12,15-16H,3-5,10-11H2,1-2H3. The molecule has 0 bridgehead atoms. The van der Waals surface area contributed by atoms with Gasteiger partial charge in [-0.15, -0.1) is 0 Å². The van der Waals surface area contributed by atoms with E-state index in [0.717, 1.165) is 13.0 Å². The van der Waals surface area contributed by atoms with Crippen molar-refractivity contribution in [2.45, 2.75) is 50.5 Å². The van der Waals surface area contributed by atoms with E-state index in [0.29, 0.717) is 16.8 Å². The number of aryl methyl sites for hydroxylation is 1. The van der Waals surface area contributed by atoms with E-state index in [4.69, 9.17) is 4.74 Å². The van der Waals surface area contributed by atoms with E-state index in [1.165, 1.54) is 30.4 Å². The van der Waals surface area contributed by atoms with Crippen LogP contribution in [-0.2, 0) is 11.2 Å². The highest BCUT2D eigenvalue weighted by Gasteiger charge is 2.31. The van der Waals surface area contributed by atoms with Gasteiger partial charge in [-0.3, -0.25) is 0 Å². The largest absolute Gasteiger partial charge is 0.378 e. The van der Waals surface area contributed by atoms with Crippen LogP contribution >= 0.6 is 15.9 Å². The molecule has 1 nitrogen and oxygen atoms in total. The van der Waals surface area contributed by atoms with Crippen LogP contribution in [0, 0.1) is 5.92 Å². The average Bonchev–Trinajstić information content (AvgIpc) is 2.82. The van der Waals surface area contributed by atoms with Crippen LogP contribution in [0.25, 0.3) is 0 Å². The summed E-state index contributed by atoms with van der Waals surface area (Å²) in [5.74, 6) is 0.603. The Morgan fingerprint density at radius 1 is 1.33 bits per heavy atom. The zero-order valence-electron chi connectivity index (χ0n) is 11.4. The summed E-state index contributed by atoms with van der Waals surface area (Å²) in [5, 5.41) is 0. The summed E-state index contributed by atoms with van der Waals surface area (Å²) in [6, 6.07) is 9.10. The van der Waals surface area contributed by atoms with Crippen molar-refractivity contribution in [3.63, 3.8) is 0 Å². The Morgan fingerprint density at radius 2 is 2.06 bits per heavy atom. The van der Waals surface area contributed by atoms with Gasteiger partial charge in [0.25, 0.3) is 0 Å². The molecule has 1 aliphatic rings. The van der Waals surface area contributed by atoms with Gasteiger partial charge < -0.3 is 4.74 Å². The van der Waals surface area contributed by atoms with Gasteiger partial charge >= 0.3 is 0 Å². The van der Waals surface area contributed by atoms with Crippen molar-refractivity contribution >= 4 is 15.9 Å². The van der Waals surface area contributed by atoms with Crippen LogP contribution in [0.15, 0.2) is 24.3 Å². The molecule has 18 heavy (non-hydrogen) atoms. The minimum Gasteiger partial charge on any atom is -0.378 e. The molecule has 1 aromatic rings. The first-order valence-electron chi connectivity index (χ1n) is 7.07. The van der Waals surface area contributed by atoms with E-state index >= 15 is 0 Å². The zero-order valence-corrected chi connectivity index (χ0v) is 12.9. The second-order valence-corrected chi connectivity index (χ2v) is 6.26. The lowest BCUT2D eigenvalue weighted by atomic mass is 9.93. The SMILES string of the molecule is CCCCc1ccc(C(Br)C2CCOC2C)cc1. The van der Waals surface area contributed by atoms with Crippen molar-refractivity contribution in [3.8, 4) is 0 Å². The first kappa shape index (κ1) is 14.1. The van der Waals surface area contributed by atoms with E-state index in [1.54, 1.807) is 0 Å². The molecule has 0 spiro atoms. The summed E-state index contributed by atoms with van der Waals surface area (Å²) in [7, 11) is 0. The Balaban J connectivity index is 2.00. The second kappa shape index (κ2) is 6.72. The molecule has 1 heterocycles. The van der Waals surface area contributed by atoms with Gasteiger partial charge in [-0.05, 0) is 37.3 Å². The predicted molar refractivity (Wildman–Crippen MR) is 80.2 cm³/mol. The molecule has 1 aromatic carbocycles. The van der Waals surface area contributed by atoms with Gasteiger partial charge in [-0.25, -0.2) is 0 Å². The molecule has 3 atom stereocenters. The quantitative estimate of drug-likeness (QED) is 0.704. The van der Waals surface area contributed by atoms with Gasteiger partial charge in [0.2, 0.25) is 0 Å². The molecule has 0 amide bonds. The summed E-state index contributed by atoms with van der Waals surface area (Å²) < 4.78 is 5.65. The third-order valence-corrected chi connectivity index (χ3v) is 5.14. The fourth-order valence-electron chi connectivity index (χ4n) is 2.63. The topological polar surface area (TPSA) is 9.23 Å². The monoisotopic (exact) mass is 310 g/mol. The Morgan fingerprint density at radius 3 is 2.61 bits per heavy atom. The Hall–Kier alpha value is -0.340. The number of halogens is 1. The van der Waals surface area contributed by atoms with E-state index < -0.39 is 0 Å². The Labute approximate surface area is 119 Å². The minimum atomic E-state index is 0.370. The lowest BCUT2D eigenvalue weighted by Crippen LogP contribution is -2.16. The molecule has 0 radical (unpaired) electrons. The lowest BCUT2D eigenvalue weighted by Gasteiger charge is -2.21. The van der Waals surface area contributed by atoms with Gasteiger partial charge in [0.05, 0.1) is 6.10 Å². The van der Waals surface area contributed by atoms with Gasteiger partial charge in [0, 0.05) is 17.4 Å². The summed E-state index contributed by atoms with van der Waals surface area (Å²) in [4.78, 5) is 0.426. The highest BCUT2D eigenvalue weighted by atomic mass is 79.9. The van der Waals surface area contributed by atoms with Crippen LogP contribution in [0.5, 0.6) is 0 Å². The number of hydrogen-bond acceptors (Lipinski definition) is 1. The van der Waals surface area contributed by atoms with E-state index in [2.05, 4.69) is 54.0 Å². The normalized spacial score (nSPS) is 25.3. The predicted octanol–water partition coefficient (Wildman–Crippen LogP) is 4.89. The Bertz CT molecular complexity index is 360. The van der Waals surface area contributed by atoms with Crippen molar-refractivity contribution in [3.05, 3.63) is 35.4 Å². The van der Waals surface area contributed by atoms with Crippen LogP contribution in [-0.4, -0.2) is 12.7 Å². The molecule has 3 unspecified atom stereocenters. The molecular weight excluding hydrogens is 288 g/mol. The number of rotatable bonds is 5. The highest BCUT2D eigenvalue weighted by Crippen LogP contribution is 2.39. The molecule has 0 aliphatic carbocycles. The van der Waals surface area contributed by atoms with Crippen LogP contribution < -0.4 is 0 Å². The van der Waals surface area contributed by atoms with Gasteiger partial charge in [-0.1, -0.05) is 53.5 Å². The number of ether oxygens (including phenoxy) is 1. The van der Waals surface area contributed by atoms with E-state index in [9.17, 15) is 0 Å². The molecule has 0 N–H and O–H groups in total. The van der Waals surface area contributed by atoms with Crippen LogP contribution in [0.4, 0.5) is 0 Å². The van der Waals surface area contributed by atoms with Crippen LogP contribution in [0.1, 0.15) is 49.1 Å². The number of alkyl halides is 1. The number of unbranched alkanes of at least 4 members (excludes halogenated alkanes) is 1. The molecule has 0 aromatic heterocycles. The van der Waals surface area contributed by atoms with Gasteiger partial charge in [0.15, 0.2) is 0 Å². The molecule has 1 aliphatic heterocycles. The van der Waals surface area contributed by atoms with Crippen molar-refractivity contribution in [2.24, 2.45) is 5.92 Å². The molecule has 0 saturated carbocycles. The summed E-state index contributed by atoms with van der Waals surface area (Å²) in [6.45, 7) is 5.33. The first-order valence-corrected chi connectivity index (χ1v) is 7.98. The minimum absolute atomic E-state index is 0.370. The number of benzene rings is 1. The summed E-state index contributed by atoms with van der Waals surface area (Å²) in [5.41, 5.74) is 2.84. The second-order valence-electron chi connectivity index (χ2n) is 5.28. The third-order valence-electron chi connectivity index (χ3n) is 3.93. The fraction of sp³-hybridized carbons (Fsp3) is 0.625. The van der Waals surface area contributed by atoms with Crippen molar-refractivity contribution in [1.29, 1.82) is 0 Å². The average molecular weight is 311 g/mol. The number of hydrogen-bond donors (Lipinski definition) is 0. The lowest BCUT2D eigenvalue weighted by molar-refractivity contribution is 0.105. The summed E-state index contributed by atoms with van der Waals surface area (Å²) >= 11 is 3.85. The maximum absolute atomic E-state index is 5.65. The van der Waals surface area contributed by atoms with Crippen LogP contribution in [0.2, 0.25) is 0 Å². The van der Waals surface area contributed by atoms with Crippen molar-refractivity contribution in [1.82, 2.24) is 0 Å². The highest BCUT2D eigenvalue weighted by molar-refractivity contribution is 9.09. The van der Waals surface area contributed by atoms with Gasteiger partial charge in [0.1, 0.15) is 0 Å². The molecule has 100 valence electrons. The summed E-state index contributed by atoms with van der Waals surface area (Å²) in [6.07, 6.45) is 5.28. The smallest absolute Gasteiger partial charge is 0.0589 e. The molecule has 2 rings (SSSR count). The maximum Gasteiger partial charge on any atom is 0.0589 e. The van der Waals surface area contributed by atoms with Crippen molar-refractivity contribution < 1.29 is 4.74 Å². The van der Waals surface area contributed by atoms with E-state index in [-0.39, 0.29) is 0 Å². The first-order chi connectivity index (χ1) is 8.72. The molecule has 1 saturated heterocycles.